The molecule has 3 N–H and O–H groups in total. The Kier molecular flexibility index (Phi) is 5.84. The third-order valence-electron chi connectivity index (χ3n) is 3.68. The van der Waals surface area contributed by atoms with Crippen molar-refractivity contribution in [3.05, 3.63) is 35.4 Å². The minimum atomic E-state index is -0.154. The molecule has 0 aromatic heterocycles. The molecule has 1 amide bonds. The van der Waals surface area contributed by atoms with E-state index in [9.17, 15) is 4.79 Å². The normalized spacial score (nSPS) is 13.9. The van der Waals surface area contributed by atoms with Crippen molar-refractivity contribution < 1.29 is 9.53 Å². The van der Waals surface area contributed by atoms with Crippen LogP contribution in [0.4, 0.5) is 5.69 Å². The summed E-state index contributed by atoms with van der Waals surface area (Å²) >= 11 is 0. The van der Waals surface area contributed by atoms with Gasteiger partial charge >= 0.3 is 0 Å². The second-order valence-electron chi connectivity index (χ2n) is 5.31. The lowest BCUT2D eigenvalue weighted by Gasteiger charge is -2.13. The zero-order chi connectivity index (χ0) is 15.8. The van der Waals surface area contributed by atoms with Gasteiger partial charge in [-0.2, -0.15) is 5.26 Å². The van der Waals surface area contributed by atoms with Gasteiger partial charge in [0.25, 0.3) is 5.91 Å². The van der Waals surface area contributed by atoms with Gasteiger partial charge in [0.15, 0.2) is 6.61 Å². The Morgan fingerprint density at radius 1 is 1.41 bits per heavy atom. The molecule has 22 heavy (non-hydrogen) atoms. The fourth-order valence-corrected chi connectivity index (χ4v) is 2.48. The molecule has 0 radical (unpaired) electrons. The highest BCUT2D eigenvalue weighted by Gasteiger charge is 2.10. The molecule has 0 unspecified atom stereocenters. The Morgan fingerprint density at radius 3 is 3.00 bits per heavy atom. The topological polar surface area (TPSA) is 88.1 Å². The first-order valence-corrected chi connectivity index (χ1v) is 7.56. The van der Waals surface area contributed by atoms with Gasteiger partial charge < -0.3 is 15.8 Å². The van der Waals surface area contributed by atoms with Gasteiger partial charge in [-0.1, -0.05) is 11.6 Å². The van der Waals surface area contributed by atoms with Crippen LogP contribution in [0.1, 0.15) is 42.5 Å². The number of anilines is 1. The summed E-state index contributed by atoms with van der Waals surface area (Å²) < 4.78 is 5.20. The van der Waals surface area contributed by atoms with Crippen LogP contribution in [0.3, 0.4) is 0 Å². The van der Waals surface area contributed by atoms with Crippen LogP contribution in [-0.4, -0.2) is 19.1 Å². The number of carbonyl (C=O) groups is 1. The zero-order valence-electron chi connectivity index (χ0n) is 12.6. The summed E-state index contributed by atoms with van der Waals surface area (Å²) in [5.74, 6) is 0.211. The highest BCUT2D eigenvalue weighted by Crippen LogP contribution is 2.23. The Balaban J connectivity index is 1.89. The summed E-state index contributed by atoms with van der Waals surface area (Å²) in [4.78, 5) is 12.1. The number of rotatable bonds is 6. The number of allylic oxidation sites excluding steroid dienone is 1. The Bertz CT molecular complexity index is 602. The molecule has 0 heterocycles. The fraction of sp³-hybridized carbons (Fsp3) is 0.412. The molecule has 0 saturated carbocycles. The van der Waals surface area contributed by atoms with Crippen molar-refractivity contribution in [3.8, 4) is 11.8 Å². The summed E-state index contributed by atoms with van der Waals surface area (Å²) in [7, 11) is 0. The van der Waals surface area contributed by atoms with Gasteiger partial charge in [-0.25, -0.2) is 0 Å². The minimum absolute atomic E-state index is 0.0938. The number of hydrogen-bond donors (Lipinski definition) is 2. The molecular weight excluding hydrogens is 278 g/mol. The Morgan fingerprint density at radius 2 is 2.27 bits per heavy atom. The summed E-state index contributed by atoms with van der Waals surface area (Å²) in [5, 5.41) is 11.4. The Labute approximate surface area is 130 Å². The van der Waals surface area contributed by atoms with Gasteiger partial charge in [-0.3, -0.25) is 4.79 Å². The van der Waals surface area contributed by atoms with Gasteiger partial charge in [0.1, 0.15) is 11.8 Å². The Hall–Kier alpha value is -2.48. The van der Waals surface area contributed by atoms with E-state index in [0.29, 0.717) is 23.5 Å². The number of nitrogens with one attached hydrogen (secondary N) is 1. The SMILES string of the molecule is N#CCOc1cc(C(=O)NCCC2=CCCCC2)ccc1N. The van der Waals surface area contributed by atoms with Crippen LogP contribution in [0, 0.1) is 11.3 Å². The molecule has 1 aromatic rings. The lowest BCUT2D eigenvalue weighted by Crippen LogP contribution is -2.25. The van der Waals surface area contributed by atoms with Crippen molar-refractivity contribution in [3.63, 3.8) is 0 Å². The van der Waals surface area contributed by atoms with Crippen LogP contribution >= 0.6 is 0 Å². The van der Waals surface area contributed by atoms with E-state index in [1.165, 1.54) is 18.4 Å². The van der Waals surface area contributed by atoms with E-state index in [1.54, 1.807) is 18.2 Å². The number of hydrogen-bond acceptors (Lipinski definition) is 4. The van der Waals surface area contributed by atoms with Gasteiger partial charge in [0, 0.05) is 12.1 Å². The smallest absolute Gasteiger partial charge is 0.251 e. The molecule has 1 aliphatic carbocycles. The van der Waals surface area contributed by atoms with Crippen molar-refractivity contribution in [2.24, 2.45) is 0 Å². The maximum atomic E-state index is 12.1. The monoisotopic (exact) mass is 299 g/mol. The second-order valence-corrected chi connectivity index (χ2v) is 5.31. The van der Waals surface area contributed by atoms with Crippen LogP contribution < -0.4 is 15.8 Å². The van der Waals surface area contributed by atoms with Crippen molar-refractivity contribution in [2.75, 3.05) is 18.9 Å². The highest BCUT2D eigenvalue weighted by molar-refractivity contribution is 5.95. The van der Waals surface area contributed by atoms with Crippen molar-refractivity contribution in [1.29, 1.82) is 5.26 Å². The van der Waals surface area contributed by atoms with Gasteiger partial charge in [0.05, 0.1) is 5.69 Å². The van der Waals surface area contributed by atoms with E-state index in [-0.39, 0.29) is 12.5 Å². The standard InChI is InChI=1S/C17H21N3O2/c18-9-11-22-16-12-14(6-7-15(16)19)17(21)20-10-8-13-4-2-1-3-5-13/h4,6-7,12H,1-3,5,8,10-11,19H2,(H,20,21). The predicted molar refractivity (Wildman–Crippen MR) is 85.5 cm³/mol. The summed E-state index contributed by atoms with van der Waals surface area (Å²) in [6.45, 7) is 0.535. The quantitative estimate of drug-likeness (QED) is 0.624. The predicted octanol–water partition coefficient (Wildman–Crippen LogP) is 2.79. The molecule has 0 saturated heterocycles. The van der Waals surface area contributed by atoms with Gasteiger partial charge in [-0.05, 0) is 50.3 Å². The average molecular weight is 299 g/mol. The number of ether oxygens (including phenoxy) is 1. The molecule has 0 spiro atoms. The summed E-state index contributed by atoms with van der Waals surface area (Å²) in [6.07, 6.45) is 8.00. The third-order valence-corrected chi connectivity index (χ3v) is 3.68. The molecule has 0 aliphatic heterocycles. The first-order valence-electron chi connectivity index (χ1n) is 7.56. The lowest BCUT2D eigenvalue weighted by atomic mass is 9.97. The van der Waals surface area contributed by atoms with Crippen molar-refractivity contribution in [1.82, 2.24) is 5.32 Å². The fourth-order valence-electron chi connectivity index (χ4n) is 2.48. The first-order chi connectivity index (χ1) is 10.7. The molecule has 0 atom stereocenters. The van der Waals surface area contributed by atoms with Gasteiger partial charge in [-0.15, -0.1) is 0 Å². The molecule has 5 nitrogen and oxygen atoms in total. The molecular formula is C17H21N3O2. The highest BCUT2D eigenvalue weighted by atomic mass is 16.5. The molecule has 0 fully saturated rings. The molecule has 5 heteroatoms. The molecule has 1 aromatic carbocycles. The number of carbonyl (C=O) groups excluding carboxylic acids is 1. The van der Waals surface area contributed by atoms with Crippen LogP contribution in [0.15, 0.2) is 29.8 Å². The number of nitriles is 1. The van der Waals surface area contributed by atoms with E-state index in [0.717, 1.165) is 19.3 Å². The van der Waals surface area contributed by atoms with E-state index in [1.807, 2.05) is 6.07 Å². The largest absolute Gasteiger partial charge is 0.477 e. The van der Waals surface area contributed by atoms with E-state index >= 15 is 0 Å². The maximum absolute atomic E-state index is 12.1. The molecule has 116 valence electrons. The van der Waals surface area contributed by atoms with Crippen LogP contribution in [0.25, 0.3) is 0 Å². The second kappa shape index (κ2) is 8.08. The van der Waals surface area contributed by atoms with Crippen LogP contribution in [0.2, 0.25) is 0 Å². The average Bonchev–Trinajstić information content (AvgIpc) is 2.55. The van der Waals surface area contributed by atoms with Gasteiger partial charge in [0.2, 0.25) is 0 Å². The maximum Gasteiger partial charge on any atom is 0.251 e. The van der Waals surface area contributed by atoms with Crippen LogP contribution in [-0.2, 0) is 0 Å². The number of nitrogens with two attached hydrogens (primary N) is 1. The number of benzene rings is 1. The molecule has 0 bridgehead atoms. The number of nitrogen functional groups attached to an aromatic ring is 1. The van der Waals surface area contributed by atoms with E-state index in [4.69, 9.17) is 15.7 Å². The lowest BCUT2D eigenvalue weighted by molar-refractivity contribution is 0.0953. The zero-order valence-corrected chi connectivity index (χ0v) is 12.6. The molecule has 1 aliphatic rings. The van der Waals surface area contributed by atoms with Crippen molar-refractivity contribution >= 4 is 11.6 Å². The van der Waals surface area contributed by atoms with Crippen LogP contribution in [0.5, 0.6) is 5.75 Å². The van der Waals surface area contributed by atoms with E-state index < -0.39 is 0 Å². The molecule has 2 rings (SSSR count). The number of amides is 1. The third kappa shape index (κ3) is 4.52. The summed E-state index contributed by atoms with van der Waals surface area (Å²) in [5.41, 5.74) is 8.09. The summed E-state index contributed by atoms with van der Waals surface area (Å²) in [6, 6.07) is 6.72. The first kappa shape index (κ1) is 15.9. The van der Waals surface area contributed by atoms with E-state index in [2.05, 4.69) is 11.4 Å². The minimum Gasteiger partial charge on any atom is -0.477 e. The number of nitrogens with zero attached hydrogens (tertiary/aromatic N) is 1. The van der Waals surface area contributed by atoms with Crippen molar-refractivity contribution in [2.45, 2.75) is 32.1 Å².